The number of carbonyl (C=O) groups is 3. The molecular formula is C57H70N12O5S. The number of fused-ring (bicyclic) bond motifs is 3. The van der Waals surface area contributed by atoms with Gasteiger partial charge >= 0.3 is 6.03 Å². The Morgan fingerprint density at radius 3 is 2.36 bits per heavy atom. The van der Waals surface area contributed by atoms with Gasteiger partial charge in [0.05, 0.1) is 33.9 Å². The van der Waals surface area contributed by atoms with Gasteiger partial charge in [0.2, 0.25) is 17.8 Å². The first-order chi connectivity index (χ1) is 36.1. The molecule has 11 rings (SSSR count). The van der Waals surface area contributed by atoms with E-state index in [0.29, 0.717) is 36.3 Å². The average Bonchev–Trinajstić information content (AvgIpc) is 4.14. The summed E-state index contributed by atoms with van der Waals surface area (Å²) in [4.78, 5) is 69.1. The number of likely N-dealkylation sites (tertiary alicyclic amines) is 3. The maximum absolute atomic E-state index is 14.3. The number of nitrogens with zero attached hydrogens (tertiary/aromatic N) is 9. The van der Waals surface area contributed by atoms with E-state index in [1.807, 2.05) is 93.0 Å². The summed E-state index contributed by atoms with van der Waals surface area (Å²) < 4.78 is 0. The van der Waals surface area contributed by atoms with E-state index in [2.05, 4.69) is 47.5 Å². The summed E-state index contributed by atoms with van der Waals surface area (Å²) in [7, 11) is 0. The van der Waals surface area contributed by atoms with E-state index in [-0.39, 0.29) is 54.6 Å². The highest BCUT2D eigenvalue weighted by atomic mass is 32.1. The molecule has 4 amide bonds. The van der Waals surface area contributed by atoms with Gasteiger partial charge in [-0.25, -0.2) is 19.7 Å². The second kappa shape index (κ2) is 20.6. The molecule has 3 saturated heterocycles. The van der Waals surface area contributed by atoms with Crippen molar-refractivity contribution in [3.63, 3.8) is 0 Å². The monoisotopic (exact) mass is 1030 g/mol. The molecule has 17 nitrogen and oxygen atoms in total. The maximum Gasteiger partial charge on any atom is 0.318 e. The number of H-pyrrole nitrogens is 1. The van der Waals surface area contributed by atoms with E-state index in [4.69, 9.17) is 9.97 Å². The van der Waals surface area contributed by atoms with Crippen molar-refractivity contribution in [2.24, 2.45) is 10.8 Å². The zero-order valence-electron chi connectivity index (χ0n) is 43.8. The number of nitrogens with one attached hydrogen (secondary N) is 3. The number of phenols is 1. The zero-order valence-corrected chi connectivity index (χ0v) is 44.6. The van der Waals surface area contributed by atoms with Crippen LogP contribution < -0.4 is 15.5 Å². The lowest BCUT2D eigenvalue weighted by molar-refractivity contribution is -0.142. The van der Waals surface area contributed by atoms with Gasteiger partial charge in [0.25, 0.3) is 0 Å². The molecule has 1 spiro atoms. The Morgan fingerprint density at radius 2 is 1.68 bits per heavy atom. The minimum Gasteiger partial charge on any atom is -0.507 e. The molecule has 5 aliphatic rings. The quantitative estimate of drug-likeness (QED) is 0.0840. The van der Waals surface area contributed by atoms with Crippen molar-refractivity contribution in [3.8, 4) is 27.4 Å². The standard InChI is InChI=1S/C57H70N12O5S/c1-6-45-48-42-26-44(41-9-7-8-10-47(41)71)64-65-51(42)62-43(48)19-24-68(45)54-59-28-38(29-60-54)36-17-22-66(23-18-36)39-15-20-57(21-16-39)31-67(32-57)55(74)63-50(56(3,4)5)53(73)69-30-40(70)25-46(69)52(72)58-27-35-11-13-37(14-12-35)49-34(2)61-33-75-49/h7-14,26,28-29,33,36,39-40,45-46,50,70-71H,6,15-25,27,30-32H2,1-5H3,(H,58,72)(H,62,65)(H,63,74)/t40-,45+,46+,50-/m1/s1. The number of aromatic nitrogens is 6. The normalized spacial score (nSPS) is 21.8. The number of hydrogen-bond acceptors (Lipinski definition) is 13. The minimum absolute atomic E-state index is 0.0331. The molecular weight excluding hydrogens is 965 g/mol. The van der Waals surface area contributed by atoms with Crippen molar-refractivity contribution in [2.75, 3.05) is 44.2 Å². The number of carbonyl (C=O) groups excluding carboxylic acids is 3. The number of rotatable bonds is 11. The Bertz CT molecular complexity index is 3040. The van der Waals surface area contributed by atoms with Crippen LogP contribution in [0.1, 0.15) is 119 Å². The number of β-amino-alcohol motifs (C(OH)–C–C–N with tert-alkyl or cyclic N) is 1. The van der Waals surface area contributed by atoms with Crippen LogP contribution in [-0.4, -0.2) is 136 Å². The summed E-state index contributed by atoms with van der Waals surface area (Å²) in [6, 6.07) is 15.9. The number of aliphatic hydroxyl groups is 1. The second-order valence-corrected chi connectivity index (χ2v) is 23.8. The van der Waals surface area contributed by atoms with Crippen LogP contribution in [0.4, 0.5) is 10.7 Å². The summed E-state index contributed by atoms with van der Waals surface area (Å²) in [6.45, 7) is 14.5. The van der Waals surface area contributed by atoms with E-state index in [1.54, 1.807) is 23.5 Å². The highest BCUT2D eigenvalue weighted by Crippen LogP contribution is 2.46. The smallest absolute Gasteiger partial charge is 0.318 e. The molecule has 18 heteroatoms. The number of aliphatic hydroxyl groups excluding tert-OH is 1. The molecule has 0 unspecified atom stereocenters. The first-order valence-corrected chi connectivity index (χ1v) is 27.8. The predicted molar refractivity (Wildman–Crippen MR) is 289 cm³/mol. The Labute approximate surface area is 442 Å². The van der Waals surface area contributed by atoms with Crippen LogP contribution in [-0.2, 0) is 22.6 Å². The number of aromatic amines is 1. The van der Waals surface area contributed by atoms with E-state index in [1.165, 1.54) is 21.7 Å². The Kier molecular flexibility index (Phi) is 13.9. The van der Waals surface area contributed by atoms with Gasteiger partial charge in [-0.2, -0.15) is 0 Å². The largest absolute Gasteiger partial charge is 0.507 e. The second-order valence-electron chi connectivity index (χ2n) is 22.9. The van der Waals surface area contributed by atoms with Crippen LogP contribution >= 0.6 is 11.3 Å². The maximum atomic E-state index is 14.3. The third-order valence-corrected chi connectivity index (χ3v) is 18.0. The highest BCUT2D eigenvalue weighted by Gasteiger charge is 2.50. The van der Waals surface area contributed by atoms with Crippen LogP contribution in [0.25, 0.3) is 32.7 Å². The SMILES string of the molecule is CC[C@H]1c2c([nH]c3nnc(-c4ccccc4O)cc23)CCN1c1ncc(C2CCN(C3CCC4(CC3)CN(C(=O)N[C@H](C(=O)N3C[C@H](O)C[C@H]3C(=O)NCc3ccc(-c5scnc5C)cc3)C(C)(C)C)C4)CC2)cn1. The van der Waals surface area contributed by atoms with Crippen molar-refractivity contribution in [1.82, 2.24) is 55.5 Å². The summed E-state index contributed by atoms with van der Waals surface area (Å²) >= 11 is 1.59. The van der Waals surface area contributed by atoms with E-state index >= 15 is 0 Å². The lowest BCUT2D eigenvalue weighted by atomic mass is 9.67. The van der Waals surface area contributed by atoms with Crippen molar-refractivity contribution >= 4 is 46.2 Å². The molecule has 1 saturated carbocycles. The molecule has 4 atom stereocenters. The third-order valence-electron chi connectivity index (χ3n) is 17.0. The Hall–Kier alpha value is -6.50. The van der Waals surface area contributed by atoms with Gasteiger partial charge < -0.3 is 45.4 Å². The van der Waals surface area contributed by atoms with E-state index in [0.717, 1.165) is 110 Å². The highest BCUT2D eigenvalue weighted by molar-refractivity contribution is 7.13. The number of para-hydroxylation sites is 1. The number of amides is 4. The molecule has 75 heavy (non-hydrogen) atoms. The lowest BCUT2D eigenvalue weighted by Crippen LogP contribution is -2.66. The van der Waals surface area contributed by atoms with Gasteiger partial charge in [0.1, 0.15) is 17.8 Å². The first kappa shape index (κ1) is 50.6. The number of hydrogen-bond donors (Lipinski definition) is 5. The van der Waals surface area contributed by atoms with Gasteiger partial charge in [-0.3, -0.25) is 9.59 Å². The van der Waals surface area contributed by atoms with Crippen molar-refractivity contribution < 1.29 is 24.6 Å². The fourth-order valence-electron chi connectivity index (χ4n) is 12.8. The minimum atomic E-state index is -0.880. The molecule has 394 valence electrons. The van der Waals surface area contributed by atoms with E-state index in [9.17, 15) is 24.6 Å². The summed E-state index contributed by atoms with van der Waals surface area (Å²) in [6.07, 6.45) is 11.6. The summed E-state index contributed by atoms with van der Waals surface area (Å²) in [5.41, 5.74) is 9.88. The zero-order chi connectivity index (χ0) is 52.2. The lowest BCUT2D eigenvalue weighted by Gasteiger charge is -2.55. The average molecular weight is 1040 g/mol. The van der Waals surface area contributed by atoms with Gasteiger partial charge in [0.15, 0.2) is 5.65 Å². The van der Waals surface area contributed by atoms with Gasteiger partial charge in [-0.05, 0) is 111 Å². The molecule has 4 fully saturated rings. The fourth-order valence-corrected chi connectivity index (χ4v) is 13.6. The molecule has 4 aromatic heterocycles. The molecule has 0 radical (unpaired) electrons. The molecule has 8 heterocycles. The van der Waals surface area contributed by atoms with Crippen LogP contribution in [0.15, 0.2) is 72.5 Å². The van der Waals surface area contributed by atoms with Crippen LogP contribution in [0, 0.1) is 17.8 Å². The summed E-state index contributed by atoms with van der Waals surface area (Å²) in [5.74, 6) is 0.655. The number of phenolic OH excluding ortho intramolecular Hbond substituents is 1. The van der Waals surface area contributed by atoms with Gasteiger partial charge in [-0.15, -0.1) is 21.5 Å². The number of aryl methyl sites for hydroxylation is 1. The first-order valence-electron chi connectivity index (χ1n) is 27.0. The summed E-state index contributed by atoms with van der Waals surface area (Å²) in [5, 5.41) is 37.3. The van der Waals surface area contributed by atoms with E-state index < -0.39 is 23.6 Å². The molecule has 1 aliphatic carbocycles. The number of anilines is 1. The van der Waals surface area contributed by atoms with Crippen molar-refractivity contribution in [2.45, 2.75) is 135 Å². The number of aromatic hydroxyl groups is 1. The molecule has 4 aliphatic heterocycles. The third kappa shape index (κ3) is 10.1. The fraction of sp³-hybridized carbons (Fsp3) is 0.509. The molecule has 0 bridgehead atoms. The van der Waals surface area contributed by atoms with Crippen LogP contribution in [0.2, 0.25) is 0 Å². The topological polar surface area (TPSA) is 209 Å². The number of urea groups is 1. The number of thiazole rings is 1. The molecule has 2 aromatic carbocycles. The van der Waals surface area contributed by atoms with Gasteiger partial charge in [0, 0.05) is 91.6 Å². The van der Waals surface area contributed by atoms with Crippen LogP contribution in [0.3, 0.4) is 0 Å². The molecule has 5 N–H and O–H groups in total. The Morgan fingerprint density at radius 1 is 0.947 bits per heavy atom. The van der Waals surface area contributed by atoms with Crippen LogP contribution in [0.5, 0.6) is 5.75 Å². The predicted octanol–water partition coefficient (Wildman–Crippen LogP) is 7.89. The van der Waals surface area contributed by atoms with Crippen molar-refractivity contribution in [3.05, 3.63) is 101 Å². The van der Waals surface area contributed by atoms with Crippen molar-refractivity contribution in [1.29, 1.82) is 0 Å². The molecule has 6 aromatic rings. The Balaban J connectivity index is 0.645. The number of benzene rings is 2. The van der Waals surface area contributed by atoms with Gasteiger partial charge in [-0.1, -0.05) is 64.1 Å². The number of piperidine rings is 1.